The number of esters is 1. The summed E-state index contributed by atoms with van der Waals surface area (Å²) in [5.74, 6) is -0.978. The van der Waals surface area contributed by atoms with Gasteiger partial charge in [-0.25, -0.2) is 0 Å². The van der Waals surface area contributed by atoms with Crippen LogP contribution in [0.25, 0.3) is 10.4 Å². The molecule has 0 radical (unpaired) electrons. The molecule has 7 nitrogen and oxygen atoms in total. The minimum atomic E-state index is -1.00. The molecule has 0 bridgehead atoms. The third-order valence-corrected chi connectivity index (χ3v) is 1.21. The van der Waals surface area contributed by atoms with Crippen LogP contribution in [0, 0.1) is 0 Å². The molecule has 0 aromatic heterocycles. The molecule has 0 aliphatic carbocycles. The molecular weight excluding hydrogens is 176 g/mol. The predicted molar refractivity (Wildman–Crippen MR) is 43.6 cm³/mol. The Morgan fingerprint density at radius 3 is 2.69 bits per heavy atom. The number of ether oxygens (including phenoxy) is 1. The highest BCUT2D eigenvalue weighted by atomic mass is 16.5. The molecule has 0 spiro atoms. The highest BCUT2D eigenvalue weighted by molar-refractivity contribution is 5.78. The predicted octanol–water partition coefficient (Wildman–Crippen LogP) is -0.0256. The Kier molecular flexibility index (Phi) is 5.06. The van der Waals surface area contributed by atoms with E-state index < -0.39 is 12.0 Å². The maximum absolute atomic E-state index is 10.9. The minimum absolute atomic E-state index is 0.0495. The molecule has 13 heavy (non-hydrogen) atoms. The first-order chi connectivity index (χ1) is 6.11. The fraction of sp³-hybridized carbons (Fsp3) is 0.667. The first-order valence-electron chi connectivity index (χ1n) is 3.48. The van der Waals surface area contributed by atoms with Crippen molar-refractivity contribution in [3.05, 3.63) is 10.4 Å². The largest absolute Gasteiger partial charge is 0.469 e. The standard InChI is InChI=1S/C6H10N4O3/c1-4(11)8-3-5(9-10-7)6(12)13-2/h5H,3H2,1-2H3,(H,8,11)/t5-/m0/s1. The van der Waals surface area contributed by atoms with Gasteiger partial charge < -0.3 is 10.1 Å². The molecular formula is C6H10N4O3. The number of rotatable bonds is 4. The van der Waals surface area contributed by atoms with Crippen LogP contribution < -0.4 is 5.32 Å². The third kappa shape index (κ3) is 4.65. The van der Waals surface area contributed by atoms with Crippen LogP contribution in [-0.2, 0) is 14.3 Å². The SMILES string of the molecule is COC(=O)[C@H](CNC(C)=O)N=[N+]=[N-]. The van der Waals surface area contributed by atoms with E-state index in [0.29, 0.717) is 0 Å². The summed E-state index contributed by atoms with van der Waals surface area (Å²) >= 11 is 0. The number of azide groups is 1. The van der Waals surface area contributed by atoms with Crippen molar-refractivity contribution in [2.75, 3.05) is 13.7 Å². The Hall–Kier alpha value is -1.75. The van der Waals surface area contributed by atoms with Gasteiger partial charge in [0.2, 0.25) is 5.91 Å². The Morgan fingerprint density at radius 1 is 1.69 bits per heavy atom. The monoisotopic (exact) mass is 186 g/mol. The number of nitrogens with one attached hydrogen (secondary N) is 1. The summed E-state index contributed by atoms with van der Waals surface area (Å²) in [4.78, 5) is 23.8. The van der Waals surface area contributed by atoms with Crippen LogP contribution in [0.15, 0.2) is 5.11 Å². The van der Waals surface area contributed by atoms with Crippen LogP contribution >= 0.6 is 0 Å². The van der Waals surface area contributed by atoms with Gasteiger partial charge in [-0.3, -0.25) is 9.59 Å². The lowest BCUT2D eigenvalue weighted by molar-refractivity contribution is -0.142. The van der Waals surface area contributed by atoms with Crippen LogP contribution in [0.4, 0.5) is 0 Å². The number of methoxy groups -OCH3 is 1. The van der Waals surface area contributed by atoms with Crippen LogP contribution in [0.2, 0.25) is 0 Å². The molecule has 0 unspecified atom stereocenters. The number of amides is 1. The molecule has 0 rings (SSSR count). The summed E-state index contributed by atoms with van der Waals surface area (Å²) in [7, 11) is 1.18. The molecule has 72 valence electrons. The van der Waals surface area contributed by atoms with E-state index in [-0.39, 0.29) is 12.5 Å². The zero-order chi connectivity index (χ0) is 10.3. The molecule has 0 fully saturated rings. The molecule has 0 aliphatic heterocycles. The van der Waals surface area contributed by atoms with E-state index in [1.54, 1.807) is 0 Å². The molecule has 0 saturated carbocycles. The summed E-state index contributed by atoms with van der Waals surface area (Å²) < 4.78 is 4.34. The van der Waals surface area contributed by atoms with Crippen molar-refractivity contribution in [3.8, 4) is 0 Å². The van der Waals surface area contributed by atoms with Gasteiger partial charge in [0.1, 0.15) is 0 Å². The lowest BCUT2D eigenvalue weighted by atomic mass is 10.3. The number of hydrogen-bond donors (Lipinski definition) is 1. The second-order valence-corrected chi connectivity index (χ2v) is 2.18. The van der Waals surface area contributed by atoms with Crippen LogP contribution in [0.5, 0.6) is 0 Å². The topological polar surface area (TPSA) is 104 Å². The Morgan fingerprint density at radius 2 is 2.31 bits per heavy atom. The van der Waals surface area contributed by atoms with E-state index in [1.165, 1.54) is 14.0 Å². The number of hydrogen-bond acceptors (Lipinski definition) is 4. The quantitative estimate of drug-likeness (QED) is 0.288. The maximum atomic E-state index is 10.9. The first kappa shape index (κ1) is 11.2. The summed E-state index contributed by atoms with van der Waals surface area (Å²) in [5, 5.41) is 5.50. The molecule has 0 heterocycles. The van der Waals surface area contributed by atoms with Crippen LogP contribution in [0.3, 0.4) is 0 Å². The lowest BCUT2D eigenvalue weighted by Crippen LogP contribution is -2.34. The van der Waals surface area contributed by atoms with E-state index in [1.807, 2.05) is 0 Å². The average Bonchev–Trinajstić information content (AvgIpc) is 2.10. The number of nitrogens with zero attached hydrogens (tertiary/aromatic N) is 3. The van der Waals surface area contributed by atoms with Gasteiger partial charge in [0, 0.05) is 18.4 Å². The molecule has 1 amide bonds. The normalized spacial score (nSPS) is 10.9. The van der Waals surface area contributed by atoms with Crippen molar-refractivity contribution >= 4 is 11.9 Å². The van der Waals surface area contributed by atoms with Gasteiger partial charge in [0.15, 0.2) is 6.04 Å². The minimum Gasteiger partial charge on any atom is -0.469 e. The molecule has 7 heteroatoms. The Bertz CT molecular complexity index is 246. The van der Waals surface area contributed by atoms with Crippen molar-refractivity contribution in [1.29, 1.82) is 0 Å². The average molecular weight is 186 g/mol. The lowest BCUT2D eigenvalue weighted by Gasteiger charge is -2.08. The second kappa shape index (κ2) is 5.84. The van der Waals surface area contributed by atoms with E-state index in [0.717, 1.165) is 0 Å². The van der Waals surface area contributed by atoms with Crippen LogP contribution in [0.1, 0.15) is 6.92 Å². The van der Waals surface area contributed by atoms with E-state index >= 15 is 0 Å². The molecule has 1 N–H and O–H groups in total. The van der Waals surface area contributed by atoms with Gasteiger partial charge in [0.05, 0.1) is 7.11 Å². The highest BCUT2D eigenvalue weighted by Crippen LogP contribution is 1.93. The Labute approximate surface area is 74.7 Å². The van der Waals surface area contributed by atoms with Gasteiger partial charge in [-0.1, -0.05) is 5.11 Å². The smallest absolute Gasteiger partial charge is 0.316 e. The summed E-state index contributed by atoms with van der Waals surface area (Å²) in [5.41, 5.74) is 8.08. The summed E-state index contributed by atoms with van der Waals surface area (Å²) in [6.45, 7) is 1.25. The first-order valence-corrected chi connectivity index (χ1v) is 3.48. The fourth-order valence-electron chi connectivity index (χ4n) is 0.610. The van der Waals surface area contributed by atoms with Crippen molar-refractivity contribution in [2.45, 2.75) is 13.0 Å². The summed E-state index contributed by atoms with van der Waals surface area (Å²) in [6, 6.07) is -1.00. The second-order valence-electron chi connectivity index (χ2n) is 2.18. The molecule has 0 aliphatic rings. The van der Waals surface area contributed by atoms with Gasteiger partial charge in [-0.05, 0) is 5.53 Å². The van der Waals surface area contributed by atoms with Gasteiger partial charge in [-0.15, -0.1) is 0 Å². The summed E-state index contributed by atoms with van der Waals surface area (Å²) in [6.07, 6.45) is 0. The fourth-order valence-corrected chi connectivity index (χ4v) is 0.610. The molecule has 1 atom stereocenters. The Balaban J connectivity index is 4.17. The zero-order valence-corrected chi connectivity index (χ0v) is 7.35. The molecule has 0 aromatic rings. The third-order valence-electron chi connectivity index (χ3n) is 1.21. The van der Waals surface area contributed by atoms with Crippen molar-refractivity contribution in [3.63, 3.8) is 0 Å². The molecule has 0 aromatic carbocycles. The van der Waals surface area contributed by atoms with Gasteiger partial charge >= 0.3 is 5.97 Å². The molecule has 0 saturated heterocycles. The van der Waals surface area contributed by atoms with E-state index in [2.05, 4.69) is 20.1 Å². The van der Waals surface area contributed by atoms with Gasteiger partial charge in [-0.2, -0.15) is 0 Å². The van der Waals surface area contributed by atoms with Crippen molar-refractivity contribution in [2.24, 2.45) is 5.11 Å². The number of carbonyl (C=O) groups excluding carboxylic acids is 2. The zero-order valence-electron chi connectivity index (χ0n) is 7.35. The van der Waals surface area contributed by atoms with Crippen molar-refractivity contribution < 1.29 is 14.3 Å². The highest BCUT2D eigenvalue weighted by Gasteiger charge is 2.16. The maximum Gasteiger partial charge on any atom is 0.316 e. The number of carbonyl (C=O) groups is 2. The van der Waals surface area contributed by atoms with E-state index in [9.17, 15) is 9.59 Å². The van der Waals surface area contributed by atoms with E-state index in [4.69, 9.17) is 5.53 Å². The van der Waals surface area contributed by atoms with Crippen molar-refractivity contribution in [1.82, 2.24) is 5.32 Å². The van der Waals surface area contributed by atoms with Crippen LogP contribution in [-0.4, -0.2) is 31.6 Å². The van der Waals surface area contributed by atoms with Gasteiger partial charge in [0.25, 0.3) is 0 Å².